The first-order valence-electron chi connectivity index (χ1n) is 11.3. The van der Waals surface area contributed by atoms with E-state index < -0.39 is 40.7 Å². The molecule has 1 saturated carbocycles. The molecule has 3 heterocycles. The van der Waals surface area contributed by atoms with Crippen molar-refractivity contribution >= 4 is 5.82 Å². The summed E-state index contributed by atoms with van der Waals surface area (Å²) in [6.07, 6.45) is -0.950. The minimum atomic E-state index is -3.06. The average molecular weight is 484 g/mol. The van der Waals surface area contributed by atoms with E-state index in [9.17, 15) is 22.0 Å². The predicted octanol–water partition coefficient (Wildman–Crippen LogP) is 3.85. The Morgan fingerprint density at radius 1 is 1.09 bits per heavy atom. The van der Waals surface area contributed by atoms with Crippen LogP contribution < -0.4 is 10.6 Å². The van der Waals surface area contributed by atoms with Gasteiger partial charge in [-0.25, -0.2) is 22.0 Å². The van der Waals surface area contributed by atoms with Gasteiger partial charge in [-0.3, -0.25) is 0 Å². The fourth-order valence-electron chi connectivity index (χ4n) is 5.65. The molecular weight excluding hydrogens is 459 g/mol. The molecule has 0 radical (unpaired) electrons. The van der Waals surface area contributed by atoms with Crippen LogP contribution in [0.1, 0.15) is 31.3 Å². The molecule has 34 heavy (non-hydrogen) atoms. The van der Waals surface area contributed by atoms with Crippen molar-refractivity contribution in [1.82, 2.24) is 10.2 Å². The summed E-state index contributed by atoms with van der Waals surface area (Å²) in [5, 5.41) is 7.92. The molecule has 0 amide bonds. The fourth-order valence-corrected chi connectivity index (χ4v) is 5.65. The predicted molar refractivity (Wildman–Crippen MR) is 113 cm³/mol. The van der Waals surface area contributed by atoms with E-state index in [1.165, 1.54) is 0 Å². The summed E-state index contributed by atoms with van der Waals surface area (Å²) < 4.78 is 81.1. The van der Waals surface area contributed by atoms with Crippen LogP contribution in [0.15, 0.2) is 18.2 Å². The van der Waals surface area contributed by atoms with E-state index in [1.807, 2.05) is 4.90 Å². The van der Waals surface area contributed by atoms with Gasteiger partial charge in [0, 0.05) is 35.8 Å². The number of anilines is 1. The van der Waals surface area contributed by atoms with Gasteiger partial charge in [-0.05, 0) is 43.2 Å². The van der Waals surface area contributed by atoms with Gasteiger partial charge in [0.05, 0.1) is 25.9 Å². The number of nitrogens with two attached hydrogens (primary N) is 1. The maximum Gasteiger partial charge on any atom is 0.266 e. The third-order valence-corrected chi connectivity index (χ3v) is 7.09. The number of aromatic nitrogens is 2. The number of ether oxygens (including phenoxy) is 2. The number of nitrogens with zero attached hydrogens (tertiary/aromatic N) is 3. The Bertz CT molecular complexity index is 1050. The minimum Gasteiger partial charge on any atom is -0.376 e. The van der Waals surface area contributed by atoms with E-state index in [0.717, 1.165) is 18.9 Å². The molecule has 0 bridgehead atoms. The topological polar surface area (TPSA) is 73.5 Å². The Labute approximate surface area is 193 Å². The molecule has 2 saturated heterocycles. The van der Waals surface area contributed by atoms with Crippen LogP contribution in [0.2, 0.25) is 0 Å². The molecule has 1 aromatic heterocycles. The van der Waals surface area contributed by atoms with E-state index in [-0.39, 0.29) is 35.8 Å². The number of benzene rings is 1. The summed E-state index contributed by atoms with van der Waals surface area (Å²) in [5.74, 6) is -3.32. The van der Waals surface area contributed by atoms with E-state index >= 15 is 0 Å². The lowest BCUT2D eigenvalue weighted by Gasteiger charge is -2.33. The van der Waals surface area contributed by atoms with Crippen molar-refractivity contribution in [2.24, 2.45) is 17.6 Å². The molecule has 2 N–H and O–H groups in total. The standard InChI is InChI=1S/C23H25F5N4O2/c24-12-4-16(21(26)18(25)5-12)22-17(23(27)28)8-20(30-31-22)32-9-11-3-13(29)6-15(11)19(32)7-14-10-33-1-2-34-14/h4-5,8,11,13-15,19,23H,1-3,6-7,9-10,29H2/t11-,13+,14-,15+,19+/m1/s1. The van der Waals surface area contributed by atoms with Crippen molar-refractivity contribution in [3.8, 4) is 11.3 Å². The summed E-state index contributed by atoms with van der Waals surface area (Å²) in [6, 6.07) is 2.14. The summed E-state index contributed by atoms with van der Waals surface area (Å²) >= 11 is 0. The van der Waals surface area contributed by atoms with Crippen LogP contribution in [-0.2, 0) is 9.47 Å². The maximum atomic E-state index is 14.3. The van der Waals surface area contributed by atoms with Crippen molar-refractivity contribution < 1.29 is 31.4 Å². The molecule has 3 fully saturated rings. The average Bonchev–Trinajstić information content (AvgIpc) is 3.33. The van der Waals surface area contributed by atoms with Crippen LogP contribution in [-0.4, -0.2) is 54.8 Å². The van der Waals surface area contributed by atoms with Gasteiger partial charge in [0.25, 0.3) is 6.43 Å². The zero-order chi connectivity index (χ0) is 24.0. The summed E-state index contributed by atoms with van der Waals surface area (Å²) in [6.45, 7) is 2.04. The van der Waals surface area contributed by atoms with Crippen LogP contribution >= 0.6 is 0 Å². The molecular formula is C23H25F5N4O2. The number of fused-ring (bicyclic) bond motifs is 1. The molecule has 0 unspecified atom stereocenters. The maximum absolute atomic E-state index is 14.3. The Kier molecular flexibility index (Phi) is 6.43. The second kappa shape index (κ2) is 9.35. The molecule has 11 heteroatoms. The lowest BCUT2D eigenvalue weighted by Crippen LogP contribution is -2.41. The molecule has 184 valence electrons. The van der Waals surface area contributed by atoms with Gasteiger partial charge in [0.2, 0.25) is 0 Å². The molecule has 0 spiro atoms. The number of halogens is 5. The third kappa shape index (κ3) is 4.36. The summed E-state index contributed by atoms with van der Waals surface area (Å²) in [7, 11) is 0. The number of rotatable bonds is 5. The Balaban J connectivity index is 1.50. The Morgan fingerprint density at radius 3 is 2.65 bits per heavy atom. The van der Waals surface area contributed by atoms with E-state index in [4.69, 9.17) is 15.2 Å². The molecule has 6 nitrogen and oxygen atoms in total. The van der Waals surface area contributed by atoms with Gasteiger partial charge >= 0.3 is 0 Å². The van der Waals surface area contributed by atoms with Crippen LogP contribution in [0.3, 0.4) is 0 Å². The first kappa shape index (κ1) is 23.4. The second-order valence-electron chi connectivity index (χ2n) is 9.23. The highest BCUT2D eigenvalue weighted by atomic mass is 19.3. The fraction of sp³-hybridized carbons (Fsp3) is 0.565. The van der Waals surface area contributed by atoms with Crippen molar-refractivity contribution in [3.63, 3.8) is 0 Å². The molecule has 1 aliphatic carbocycles. The quantitative estimate of drug-likeness (QED) is 0.514. The molecule has 5 atom stereocenters. The highest BCUT2D eigenvalue weighted by Crippen LogP contribution is 2.45. The van der Waals surface area contributed by atoms with Crippen LogP contribution in [0, 0.1) is 29.3 Å². The van der Waals surface area contributed by atoms with Gasteiger partial charge in [-0.1, -0.05) is 0 Å². The summed E-state index contributed by atoms with van der Waals surface area (Å²) in [4.78, 5) is 1.93. The highest BCUT2D eigenvalue weighted by molar-refractivity contribution is 5.66. The zero-order valence-electron chi connectivity index (χ0n) is 18.3. The van der Waals surface area contributed by atoms with Crippen molar-refractivity contribution in [3.05, 3.63) is 41.2 Å². The van der Waals surface area contributed by atoms with Crippen molar-refractivity contribution in [1.29, 1.82) is 0 Å². The van der Waals surface area contributed by atoms with Crippen LogP contribution in [0.4, 0.5) is 27.8 Å². The lowest BCUT2D eigenvalue weighted by atomic mass is 9.90. The summed E-state index contributed by atoms with van der Waals surface area (Å²) in [5.41, 5.74) is 4.27. The molecule has 1 aromatic carbocycles. The largest absolute Gasteiger partial charge is 0.376 e. The van der Waals surface area contributed by atoms with Crippen molar-refractivity contribution in [2.45, 2.75) is 43.9 Å². The van der Waals surface area contributed by atoms with E-state index in [0.29, 0.717) is 44.9 Å². The van der Waals surface area contributed by atoms with Gasteiger partial charge in [-0.2, -0.15) is 0 Å². The second-order valence-corrected chi connectivity index (χ2v) is 9.23. The SMILES string of the molecule is N[C@H]1C[C@@H]2CN(c3cc(C(F)F)c(-c4cc(F)cc(F)c4F)nn3)[C@@H](C[C@@H]3COCCO3)[C@H]2C1. The van der Waals surface area contributed by atoms with Crippen molar-refractivity contribution in [2.75, 3.05) is 31.3 Å². The Morgan fingerprint density at radius 2 is 1.91 bits per heavy atom. The van der Waals surface area contributed by atoms with Gasteiger partial charge in [0.1, 0.15) is 11.5 Å². The normalized spacial score (nSPS) is 29.1. The van der Waals surface area contributed by atoms with E-state index in [2.05, 4.69) is 10.2 Å². The molecule has 5 rings (SSSR count). The van der Waals surface area contributed by atoms with Gasteiger partial charge in [0.15, 0.2) is 17.5 Å². The van der Waals surface area contributed by atoms with Crippen LogP contribution in [0.5, 0.6) is 0 Å². The minimum absolute atomic E-state index is 0.0701. The van der Waals surface area contributed by atoms with Gasteiger partial charge < -0.3 is 20.1 Å². The van der Waals surface area contributed by atoms with Crippen LogP contribution in [0.25, 0.3) is 11.3 Å². The van der Waals surface area contributed by atoms with Gasteiger partial charge in [-0.15, -0.1) is 10.2 Å². The molecule has 2 aromatic rings. The molecule has 2 aliphatic heterocycles. The lowest BCUT2D eigenvalue weighted by molar-refractivity contribution is -0.0936. The Hall–Kier alpha value is -2.37. The monoisotopic (exact) mass is 484 g/mol. The van der Waals surface area contributed by atoms with E-state index in [1.54, 1.807) is 0 Å². The zero-order valence-corrected chi connectivity index (χ0v) is 18.3. The highest BCUT2D eigenvalue weighted by Gasteiger charge is 2.48. The first-order valence-corrected chi connectivity index (χ1v) is 11.3. The first-order chi connectivity index (χ1) is 16.3. The molecule has 3 aliphatic rings. The third-order valence-electron chi connectivity index (χ3n) is 7.09. The number of alkyl halides is 2. The smallest absolute Gasteiger partial charge is 0.266 e. The number of hydrogen-bond donors (Lipinski definition) is 1. The number of hydrogen-bond acceptors (Lipinski definition) is 6.